The van der Waals surface area contributed by atoms with Crippen molar-refractivity contribution in [1.82, 2.24) is 0 Å². The van der Waals surface area contributed by atoms with Crippen LogP contribution in [-0.2, 0) is 0 Å². The molecule has 0 bridgehead atoms. The third-order valence-corrected chi connectivity index (χ3v) is 12.6. The highest BCUT2D eigenvalue weighted by Crippen LogP contribution is 2.54. The van der Waals surface area contributed by atoms with Crippen molar-refractivity contribution in [2.24, 2.45) is 5.41 Å². The van der Waals surface area contributed by atoms with Crippen molar-refractivity contribution in [3.63, 3.8) is 0 Å². The fraction of sp³-hybridized carbons (Fsp3) is 1.00. The minimum Gasteiger partial charge on any atom is -0.106 e. The Bertz CT molecular complexity index is 280. The van der Waals surface area contributed by atoms with Crippen LogP contribution in [0.15, 0.2) is 0 Å². The summed E-state index contributed by atoms with van der Waals surface area (Å²) in [7, 11) is 0.521. The van der Waals surface area contributed by atoms with Crippen molar-refractivity contribution in [2.75, 3.05) is 37.0 Å². The normalized spacial score (nSPS) is 12.4. The van der Waals surface area contributed by atoms with Crippen molar-refractivity contribution in [1.29, 1.82) is 0 Å². The van der Waals surface area contributed by atoms with E-state index in [0.29, 0.717) is 5.41 Å². The fourth-order valence-corrected chi connectivity index (χ4v) is 11.7. The highest BCUT2D eigenvalue weighted by molar-refractivity contribution is 7.58. The Morgan fingerprint density at radius 2 is 0.690 bits per heavy atom. The van der Waals surface area contributed by atoms with Crippen LogP contribution in [0.2, 0.25) is 0 Å². The van der Waals surface area contributed by atoms with Gasteiger partial charge in [0.05, 0.1) is 0 Å². The van der Waals surface area contributed by atoms with E-state index in [1.54, 1.807) is 37.0 Å². The number of hydrogen-bond acceptors (Lipinski definition) is 0. The maximum absolute atomic E-state index is 2.42. The molecule has 0 aromatic carbocycles. The van der Waals surface area contributed by atoms with Crippen molar-refractivity contribution < 1.29 is 0 Å². The van der Waals surface area contributed by atoms with Gasteiger partial charge in [0.25, 0.3) is 0 Å². The lowest BCUT2D eigenvalue weighted by molar-refractivity contribution is 0.299. The van der Waals surface area contributed by atoms with Crippen molar-refractivity contribution in [3.8, 4) is 0 Å². The van der Waals surface area contributed by atoms with Gasteiger partial charge in [0.2, 0.25) is 0 Å². The zero-order chi connectivity index (χ0) is 21.8. The molecule has 0 fully saturated rings. The van der Waals surface area contributed by atoms with Crippen molar-refractivity contribution >= 4 is 15.8 Å². The standard InChI is InChI=1S/C27H58P2/c1-7-13-19-27(20-14-8-2,25-28(21-15-9-3)22-16-10-4)26-29(23-17-11-5)24-18-12-6/h7-26H2,1-6H3. The Morgan fingerprint density at radius 3 is 0.931 bits per heavy atom. The summed E-state index contributed by atoms with van der Waals surface area (Å²) in [5.74, 6) is 0. The average molecular weight is 445 g/mol. The average Bonchev–Trinajstić information content (AvgIpc) is 2.74. The second-order valence-electron chi connectivity index (χ2n) is 9.67. The van der Waals surface area contributed by atoms with E-state index in [0.717, 1.165) is 0 Å². The summed E-state index contributed by atoms with van der Waals surface area (Å²) in [6, 6.07) is 0. The molecule has 176 valence electrons. The third-order valence-electron chi connectivity index (χ3n) is 6.55. The minimum atomic E-state index is 0.261. The van der Waals surface area contributed by atoms with Crippen LogP contribution in [0, 0.1) is 5.41 Å². The number of hydrogen-bond donors (Lipinski definition) is 0. The first-order valence-electron chi connectivity index (χ1n) is 13.6. The van der Waals surface area contributed by atoms with Crippen LogP contribution in [0.1, 0.15) is 131 Å². The predicted molar refractivity (Wildman–Crippen MR) is 144 cm³/mol. The van der Waals surface area contributed by atoms with Crippen LogP contribution < -0.4 is 0 Å². The fourth-order valence-electron chi connectivity index (χ4n) is 4.61. The van der Waals surface area contributed by atoms with Gasteiger partial charge in [-0.3, -0.25) is 0 Å². The molecule has 0 saturated carbocycles. The van der Waals surface area contributed by atoms with Gasteiger partial charge in [0, 0.05) is 0 Å². The van der Waals surface area contributed by atoms with Gasteiger partial charge in [-0.05, 0) is 80.9 Å². The summed E-state index contributed by atoms with van der Waals surface area (Å²) < 4.78 is 0. The molecule has 0 N–H and O–H groups in total. The molecule has 0 heterocycles. The Hall–Kier alpha value is 0.860. The van der Waals surface area contributed by atoms with Crippen LogP contribution in [0.4, 0.5) is 0 Å². The second-order valence-corrected chi connectivity index (χ2v) is 14.8. The quantitative estimate of drug-likeness (QED) is 0.146. The van der Waals surface area contributed by atoms with E-state index in [9.17, 15) is 0 Å². The van der Waals surface area contributed by atoms with Crippen LogP contribution in [0.25, 0.3) is 0 Å². The highest BCUT2D eigenvalue weighted by atomic mass is 31.1. The van der Waals surface area contributed by atoms with Crippen LogP contribution in [-0.4, -0.2) is 37.0 Å². The molecule has 0 aromatic heterocycles. The molecule has 0 amide bonds. The van der Waals surface area contributed by atoms with Crippen LogP contribution >= 0.6 is 15.8 Å². The molecule has 0 saturated heterocycles. The molecular formula is C27H58P2. The molecule has 0 aromatic rings. The molecular weight excluding hydrogens is 386 g/mol. The van der Waals surface area contributed by atoms with E-state index in [4.69, 9.17) is 0 Å². The molecule has 0 radical (unpaired) electrons. The minimum absolute atomic E-state index is 0.261. The van der Waals surface area contributed by atoms with E-state index in [1.165, 1.54) is 89.9 Å². The Balaban J connectivity index is 5.49. The molecule has 0 unspecified atom stereocenters. The summed E-state index contributed by atoms with van der Waals surface area (Å²) >= 11 is 0. The monoisotopic (exact) mass is 444 g/mol. The molecule has 29 heavy (non-hydrogen) atoms. The van der Waals surface area contributed by atoms with Crippen molar-refractivity contribution in [2.45, 2.75) is 131 Å². The van der Waals surface area contributed by atoms with Crippen LogP contribution in [0.5, 0.6) is 0 Å². The third kappa shape index (κ3) is 15.3. The zero-order valence-electron chi connectivity index (χ0n) is 21.5. The molecule has 0 aliphatic carbocycles. The van der Waals surface area contributed by atoms with E-state index in [1.807, 2.05) is 0 Å². The van der Waals surface area contributed by atoms with E-state index in [-0.39, 0.29) is 15.8 Å². The van der Waals surface area contributed by atoms with Crippen molar-refractivity contribution in [3.05, 3.63) is 0 Å². The van der Waals surface area contributed by atoms with Gasteiger partial charge in [-0.1, -0.05) is 92.9 Å². The predicted octanol–water partition coefficient (Wildman–Crippen LogP) is 10.5. The first-order chi connectivity index (χ1) is 14.1. The Morgan fingerprint density at radius 1 is 0.414 bits per heavy atom. The van der Waals surface area contributed by atoms with Gasteiger partial charge >= 0.3 is 0 Å². The number of unbranched alkanes of at least 4 members (excludes halogenated alkanes) is 6. The summed E-state index contributed by atoms with van der Waals surface area (Å²) in [5.41, 5.74) is 0.701. The lowest BCUT2D eigenvalue weighted by Crippen LogP contribution is -2.30. The van der Waals surface area contributed by atoms with Gasteiger partial charge in [-0.15, -0.1) is 15.8 Å². The van der Waals surface area contributed by atoms with Gasteiger partial charge in [0.1, 0.15) is 0 Å². The Labute approximate surface area is 189 Å². The first kappa shape index (κ1) is 29.9. The second kappa shape index (κ2) is 20.7. The largest absolute Gasteiger partial charge is 0.106 e. The lowest BCUT2D eigenvalue weighted by atomic mass is 9.82. The molecule has 0 nitrogen and oxygen atoms in total. The lowest BCUT2D eigenvalue weighted by Gasteiger charge is -2.41. The summed E-state index contributed by atoms with van der Waals surface area (Å²) in [6.45, 7) is 14.4. The molecule has 0 aliphatic rings. The van der Waals surface area contributed by atoms with Gasteiger partial charge in [0.15, 0.2) is 0 Å². The molecule has 2 heteroatoms. The SMILES string of the molecule is CCCCP(CCCC)CC(CCCC)(CCCC)CP(CCCC)CCCC. The topological polar surface area (TPSA) is 0 Å². The Kier molecular flexibility index (Phi) is 21.4. The summed E-state index contributed by atoms with van der Waals surface area (Å²) in [6.07, 6.45) is 29.8. The maximum atomic E-state index is 2.42. The molecule has 0 spiro atoms. The van der Waals surface area contributed by atoms with Gasteiger partial charge in [-0.25, -0.2) is 0 Å². The van der Waals surface area contributed by atoms with E-state index < -0.39 is 0 Å². The van der Waals surface area contributed by atoms with E-state index in [2.05, 4.69) is 41.5 Å². The van der Waals surface area contributed by atoms with E-state index >= 15 is 0 Å². The zero-order valence-corrected chi connectivity index (χ0v) is 23.3. The van der Waals surface area contributed by atoms with Gasteiger partial charge < -0.3 is 0 Å². The van der Waals surface area contributed by atoms with Crippen LogP contribution in [0.3, 0.4) is 0 Å². The number of rotatable bonds is 22. The summed E-state index contributed by atoms with van der Waals surface area (Å²) in [5, 5.41) is 0. The molecule has 0 rings (SSSR count). The maximum Gasteiger partial charge on any atom is -0.0219 e. The highest BCUT2D eigenvalue weighted by Gasteiger charge is 2.33. The summed E-state index contributed by atoms with van der Waals surface area (Å²) in [4.78, 5) is 0. The molecule has 0 aliphatic heterocycles. The van der Waals surface area contributed by atoms with Gasteiger partial charge in [-0.2, -0.15) is 0 Å². The molecule has 0 atom stereocenters. The smallest absolute Gasteiger partial charge is 0.0219 e. The first-order valence-corrected chi connectivity index (χ1v) is 17.3.